The van der Waals surface area contributed by atoms with Crippen molar-refractivity contribution in [2.75, 3.05) is 31.9 Å². The summed E-state index contributed by atoms with van der Waals surface area (Å²) in [6, 6.07) is 7.55. The third-order valence-electron chi connectivity index (χ3n) is 5.04. The molecular formula is C21H24N6O2. The van der Waals surface area contributed by atoms with Gasteiger partial charge in [-0.2, -0.15) is 0 Å². The van der Waals surface area contributed by atoms with Gasteiger partial charge in [-0.05, 0) is 43.4 Å². The van der Waals surface area contributed by atoms with Crippen LogP contribution in [-0.4, -0.2) is 41.2 Å². The van der Waals surface area contributed by atoms with Gasteiger partial charge in [0.15, 0.2) is 11.5 Å². The fourth-order valence-electron chi connectivity index (χ4n) is 3.21. The lowest BCUT2D eigenvalue weighted by molar-refractivity contribution is 0.355. The highest BCUT2D eigenvalue weighted by Gasteiger charge is 2.24. The van der Waals surface area contributed by atoms with E-state index in [0.29, 0.717) is 29.3 Å². The lowest BCUT2D eigenvalue weighted by Gasteiger charge is -2.19. The van der Waals surface area contributed by atoms with Crippen molar-refractivity contribution in [1.82, 2.24) is 19.9 Å². The van der Waals surface area contributed by atoms with Gasteiger partial charge in [0.1, 0.15) is 0 Å². The highest BCUT2D eigenvalue weighted by Crippen LogP contribution is 2.36. The zero-order valence-corrected chi connectivity index (χ0v) is 16.8. The zero-order chi connectivity index (χ0) is 20.4. The number of ether oxygens (including phenoxy) is 2. The second-order valence-electron chi connectivity index (χ2n) is 7.08. The fraction of sp³-hybridized carbons (Fsp3) is 0.333. The van der Waals surface area contributed by atoms with Crippen molar-refractivity contribution in [1.29, 1.82) is 0 Å². The standard InChI is InChI=1S/C21H24N6O2/c1-27(14-6-7-18(28-2)19(11-14)29-3)21-23-9-8-16(26-21)15-12-24-20(22)25-17(15)10-13-4-5-13/h6-9,11-13H,4-5,10H2,1-3H3,(H2,22,24,25). The molecule has 0 spiro atoms. The Kier molecular flexibility index (Phi) is 5.16. The van der Waals surface area contributed by atoms with Crippen molar-refractivity contribution >= 4 is 17.6 Å². The van der Waals surface area contributed by atoms with Crippen LogP contribution in [0.15, 0.2) is 36.7 Å². The molecule has 0 radical (unpaired) electrons. The Morgan fingerprint density at radius 3 is 2.59 bits per heavy atom. The quantitative estimate of drug-likeness (QED) is 0.654. The Balaban J connectivity index is 1.67. The van der Waals surface area contributed by atoms with E-state index < -0.39 is 0 Å². The number of nitrogens with two attached hydrogens (primary N) is 1. The molecule has 2 heterocycles. The molecule has 0 atom stereocenters. The molecule has 2 aromatic heterocycles. The summed E-state index contributed by atoms with van der Waals surface area (Å²) in [5, 5.41) is 0. The SMILES string of the molecule is COc1ccc(N(C)c2nccc(-c3cnc(N)nc3CC3CC3)n2)cc1OC. The third kappa shape index (κ3) is 4.06. The third-order valence-corrected chi connectivity index (χ3v) is 5.04. The normalized spacial score (nSPS) is 13.2. The molecule has 1 saturated carbocycles. The predicted octanol–water partition coefficient (Wildman–Crippen LogP) is 3.25. The Morgan fingerprint density at radius 1 is 1.07 bits per heavy atom. The minimum absolute atomic E-state index is 0.293. The van der Waals surface area contributed by atoms with Gasteiger partial charge in [0.05, 0.1) is 25.6 Å². The van der Waals surface area contributed by atoms with Gasteiger partial charge in [0.2, 0.25) is 11.9 Å². The molecule has 1 aromatic carbocycles. The van der Waals surface area contributed by atoms with E-state index in [9.17, 15) is 0 Å². The van der Waals surface area contributed by atoms with E-state index in [0.717, 1.165) is 29.1 Å². The monoisotopic (exact) mass is 392 g/mol. The Labute approximate surface area is 169 Å². The van der Waals surface area contributed by atoms with Crippen LogP contribution in [0.3, 0.4) is 0 Å². The summed E-state index contributed by atoms with van der Waals surface area (Å²) in [6.07, 6.45) is 6.86. The first-order chi connectivity index (χ1) is 14.1. The molecule has 3 aromatic rings. The van der Waals surface area contributed by atoms with Crippen LogP contribution in [-0.2, 0) is 6.42 Å². The molecule has 1 aliphatic carbocycles. The number of nitrogen functional groups attached to an aromatic ring is 1. The summed E-state index contributed by atoms with van der Waals surface area (Å²) in [5.41, 5.74) is 9.32. The molecule has 1 aliphatic rings. The summed E-state index contributed by atoms with van der Waals surface area (Å²) in [4.78, 5) is 19.7. The molecule has 0 aliphatic heterocycles. The van der Waals surface area contributed by atoms with E-state index in [2.05, 4.69) is 15.0 Å². The molecule has 0 amide bonds. The van der Waals surface area contributed by atoms with Gasteiger partial charge in [0, 0.05) is 36.8 Å². The molecule has 4 rings (SSSR count). The summed E-state index contributed by atoms with van der Waals surface area (Å²) >= 11 is 0. The van der Waals surface area contributed by atoms with Gasteiger partial charge in [-0.1, -0.05) is 0 Å². The van der Waals surface area contributed by atoms with Crippen LogP contribution in [0.25, 0.3) is 11.3 Å². The molecule has 8 nitrogen and oxygen atoms in total. The number of benzene rings is 1. The lowest BCUT2D eigenvalue weighted by Crippen LogP contribution is -2.14. The first-order valence-electron chi connectivity index (χ1n) is 9.49. The Morgan fingerprint density at radius 2 is 1.86 bits per heavy atom. The average Bonchev–Trinajstić information content (AvgIpc) is 3.57. The molecular weight excluding hydrogens is 368 g/mol. The molecule has 0 unspecified atom stereocenters. The maximum atomic E-state index is 5.82. The minimum atomic E-state index is 0.293. The number of aromatic nitrogens is 4. The summed E-state index contributed by atoms with van der Waals surface area (Å²) in [7, 11) is 5.13. The molecule has 0 saturated heterocycles. The number of methoxy groups -OCH3 is 2. The van der Waals surface area contributed by atoms with Crippen LogP contribution in [0.1, 0.15) is 18.5 Å². The smallest absolute Gasteiger partial charge is 0.230 e. The first kappa shape index (κ1) is 18.9. The number of rotatable bonds is 7. The van der Waals surface area contributed by atoms with E-state index in [1.165, 1.54) is 12.8 Å². The number of anilines is 3. The molecule has 8 heteroatoms. The van der Waals surface area contributed by atoms with Gasteiger partial charge in [-0.3, -0.25) is 0 Å². The van der Waals surface area contributed by atoms with Crippen molar-refractivity contribution in [3.05, 3.63) is 42.4 Å². The van der Waals surface area contributed by atoms with Gasteiger partial charge in [-0.25, -0.2) is 19.9 Å². The lowest BCUT2D eigenvalue weighted by atomic mass is 10.1. The van der Waals surface area contributed by atoms with Crippen LogP contribution in [0.4, 0.5) is 17.6 Å². The van der Waals surface area contributed by atoms with Gasteiger partial charge < -0.3 is 20.1 Å². The number of hydrogen-bond acceptors (Lipinski definition) is 8. The maximum absolute atomic E-state index is 5.82. The van der Waals surface area contributed by atoms with Crippen molar-refractivity contribution in [2.24, 2.45) is 5.92 Å². The van der Waals surface area contributed by atoms with Gasteiger partial charge >= 0.3 is 0 Å². The average molecular weight is 392 g/mol. The van der Waals surface area contributed by atoms with Crippen LogP contribution in [0.5, 0.6) is 11.5 Å². The molecule has 2 N–H and O–H groups in total. The molecule has 1 fully saturated rings. The van der Waals surface area contributed by atoms with E-state index in [1.807, 2.05) is 36.2 Å². The summed E-state index contributed by atoms with van der Waals surface area (Å²) in [5.74, 6) is 2.85. The molecule has 150 valence electrons. The Hall–Kier alpha value is -3.42. The summed E-state index contributed by atoms with van der Waals surface area (Å²) in [6.45, 7) is 0. The van der Waals surface area contributed by atoms with Crippen LogP contribution in [0.2, 0.25) is 0 Å². The Bertz CT molecular complexity index is 1020. The first-order valence-corrected chi connectivity index (χ1v) is 9.49. The van der Waals surface area contributed by atoms with Crippen LogP contribution >= 0.6 is 0 Å². The highest BCUT2D eigenvalue weighted by atomic mass is 16.5. The van der Waals surface area contributed by atoms with E-state index in [-0.39, 0.29) is 0 Å². The van der Waals surface area contributed by atoms with Crippen molar-refractivity contribution < 1.29 is 9.47 Å². The minimum Gasteiger partial charge on any atom is -0.493 e. The molecule has 0 bridgehead atoms. The summed E-state index contributed by atoms with van der Waals surface area (Å²) < 4.78 is 10.7. The van der Waals surface area contributed by atoms with Crippen LogP contribution in [0, 0.1) is 5.92 Å². The van der Waals surface area contributed by atoms with Crippen molar-refractivity contribution in [3.63, 3.8) is 0 Å². The maximum Gasteiger partial charge on any atom is 0.230 e. The van der Waals surface area contributed by atoms with Crippen LogP contribution < -0.4 is 20.1 Å². The predicted molar refractivity (Wildman–Crippen MR) is 112 cm³/mol. The van der Waals surface area contributed by atoms with Crippen molar-refractivity contribution in [3.8, 4) is 22.8 Å². The topological polar surface area (TPSA) is 99.3 Å². The fourth-order valence-corrected chi connectivity index (χ4v) is 3.21. The van der Waals surface area contributed by atoms with Gasteiger partial charge in [0.25, 0.3) is 0 Å². The van der Waals surface area contributed by atoms with E-state index in [1.54, 1.807) is 26.6 Å². The number of nitrogens with zero attached hydrogens (tertiary/aromatic N) is 5. The van der Waals surface area contributed by atoms with Crippen molar-refractivity contribution in [2.45, 2.75) is 19.3 Å². The second kappa shape index (κ2) is 7.90. The largest absolute Gasteiger partial charge is 0.493 e. The highest BCUT2D eigenvalue weighted by molar-refractivity contribution is 5.66. The van der Waals surface area contributed by atoms with Gasteiger partial charge in [-0.15, -0.1) is 0 Å². The van der Waals surface area contributed by atoms with E-state index >= 15 is 0 Å². The molecule has 29 heavy (non-hydrogen) atoms. The number of hydrogen-bond donors (Lipinski definition) is 1. The van der Waals surface area contributed by atoms with E-state index in [4.69, 9.17) is 20.2 Å². The second-order valence-corrected chi connectivity index (χ2v) is 7.08. The zero-order valence-electron chi connectivity index (χ0n) is 16.8.